The van der Waals surface area contributed by atoms with Crippen LogP contribution in [-0.2, 0) is 17.8 Å². The fourth-order valence-corrected chi connectivity index (χ4v) is 4.86. The minimum absolute atomic E-state index is 0.00775. The molecule has 0 atom stereocenters. The highest BCUT2D eigenvalue weighted by atomic mass is 16.5. The third-order valence-corrected chi connectivity index (χ3v) is 6.89. The number of carbonyl (C=O) groups is 1. The second kappa shape index (κ2) is 10.1. The van der Waals surface area contributed by atoms with Crippen molar-refractivity contribution in [1.29, 1.82) is 0 Å². The minimum atomic E-state index is 0.00775. The standard InChI is InChI=1S/C25H33N7O2/c1-3-32-24-20(16-27-32)23(29-19-7-14-34-15-8-19)21(18(2)28-24)17-30-10-12-31(13-11-30)25(33)22-6-4-5-9-26-22/h4-6,9,16,19H,3,7-8,10-15,17H2,1-2H3,(H,28,29). The molecule has 2 aliphatic rings. The van der Waals surface area contributed by atoms with E-state index in [-0.39, 0.29) is 5.91 Å². The van der Waals surface area contributed by atoms with Crippen molar-refractivity contribution in [3.8, 4) is 0 Å². The average Bonchev–Trinajstić information content (AvgIpc) is 3.29. The lowest BCUT2D eigenvalue weighted by molar-refractivity contribution is 0.0622. The Balaban J connectivity index is 1.35. The van der Waals surface area contributed by atoms with Crippen LogP contribution in [0.2, 0.25) is 0 Å². The van der Waals surface area contributed by atoms with Crippen LogP contribution in [0.5, 0.6) is 0 Å². The van der Waals surface area contributed by atoms with Crippen molar-refractivity contribution < 1.29 is 9.53 Å². The maximum Gasteiger partial charge on any atom is 0.272 e. The van der Waals surface area contributed by atoms with E-state index in [0.717, 1.165) is 74.6 Å². The Morgan fingerprint density at radius 1 is 1.18 bits per heavy atom. The van der Waals surface area contributed by atoms with E-state index < -0.39 is 0 Å². The number of anilines is 1. The van der Waals surface area contributed by atoms with E-state index in [1.165, 1.54) is 5.56 Å². The van der Waals surface area contributed by atoms with E-state index in [4.69, 9.17) is 9.72 Å². The molecule has 9 heteroatoms. The SMILES string of the molecule is CCn1ncc2c(NC3CCOCC3)c(CN3CCN(C(=O)c4ccccn4)CC3)c(C)nc21. The van der Waals surface area contributed by atoms with E-state index in [0.29, 0.717) is 24.8 Å². The van der Waals surface area contributed by atoms with Crippen LogP contribution in [0.25, 0.3) is 11.0 Å². The summed E-state index contributed by atoms with van der Waals surface area (Å²) in [6.45, 7) is 10.4. The molecular formula is C25H33N7O2. The van der Waals surface area contributed by atoms with Gasteiger partial charge in [0, 0.05) is 76.0 Å². The van der Waals surface area contributed by atoms with Gasteiger partial charge in [-0.1, -0.05) is 6.07 Å². The number of carbonyl (C=O) groups excluding carboxylic acids is 1. The van der Waals surface area contributed by atoms with E-state index in [9.17, 15) is 4.79 Å². The number of nitrogens with one attached hydrogen (secondary N) is 1. The highest BCUT2D eigenvalue weighted by molar-refractivity contribution is 5.92. The van der Waals surface area contributed by atoms with Crippen molar-refractivity contribution in [2.24, 2.45) is 0 Å². The van der Waals surface area contributed by atoms with Crippen LogP contribution in [0, 0.1) is 6.92 Å². The number of aryl methyl sites for hydroxylation is 2. The Hall–Kier alpha value is -3.04. The molecule has 0 unspecified atom stereocenters. The topological polar surface area (TPSA) is 88.4 Å². The zero-order valence-electron chi connectivity index (χ0n) is 20.0. The molecular weight excluding hydrogens is 430 g/mol. The first-order valence-corrected chi connectivity index (χ1v) is 12.3. The summed E-state index contributed by atoms with van der Waals surface area (Å²) in [6.07, 6.45) is 5.61. The van der Waals surface area contributed by atoms with E-state index >= 15 is 0 Å². The lowest BCUT2D eigenvalue weighted by atomic mass is 10.0. The molecule has 1 amide bonds. The molecule has 0 spiro atoms. The Morgan fingerprint density at radius 2 is 1.97 bits per heavy atom. The first-order chi connectivity index (χ1) is 16.6. The molecule has 0 bridgehead atoms. The monoisotopic (exact) mass is 463 g/mol. The summed E-state index contributed by atoms with van der Waals surface area (Å²) in [6, 6.07) is 5.85. The molecule has 0 aromatic carbocycles. The number of rotatable bonds is 6. The summed E-state index contributed by atoms with van der Waals surface area (Å²) in [5.41, 5.74) is 4.85. The molecule has 2 fully saturated rings. The second-order valence-corrected chi connectivity index (χ2v) is 9.06. The number of pyridine rings is 2. The van der Waals surface area contributed by atoms with Crippen LogP contribution in [0.4, 0.5) is 5.69 Å². The highest BCUT2D eigenvalue weighted by Crippen LogP contribution is 2.31. The van der Waals surface area contributed by atoms with Crippen molar-refractivity contribution in [1.82, 2.24) is 29.5 Å². The van der Waals surface area contributed by atoms with Gasteiger partial charge in [0.2, 0.25) is 0 Å². The summed E-state index contributed by atoms with van der Waals surface area (Å²) in [7, 11) is 0. The predicted octanol–water partition coefficient (Wildman–Crippen LogP) is 2.70. The Bertz CT molecular complexity index is 1130. The number of hydrogen-bond acceptors (Lipinski definition) is 7. The highest BCUT2D eigenvalue weighted by Gasteiger charge is 2.26. The Kier molecular flexibility index (Phi) is 6.73. The van der Waals surface area contributed by atoms with Crippen LogP contribution < -0.4 is 5.32 Å². The third-order valence-electron chi connectivity index (χ3n) is 6.89. The number of piperazine rings is 1. The van der Waals surface area contributed by atoms with Gasteiger partial charge in [0.15, 0.2) is 5.65 Å². The van der Waals surface area contributed by atoms with Gasteiger partial charge in [0.1, 0.15) is 5.69 Å². The lowest BCUT2D eigenvalue weighted by Gasteiger charge is -2.35. The van der Waals surface area contributed by atoms with Crippen molar-refractivity contribution in [3.63, 3.8) is 0 Å². The summed E-state index contributed by atoms with van der Waals surface area (Å²) in [5.74, 6) is 0.00775. The Labute approximate surface area is 200 Å². The third kappa shape index (κ3) is 4.63. The van der Waals surface area contributed by atoms with Crippen LogP contribution in [-0.4, -0.2) is 80.9 Å². The van der Waals surface area contributed by atoms with Gasteiger partial charge >= 0.3 is 0 Å². The maximum absolute atomic E-state index is 12.8. The maximum atomic E-state index is 12.8. The first-order valence-electron chi connectivity index (χ1n) is 12.3. The summed E-state index contributed by atoms with van der Waals surface area (Å²) in [5, 5.41) is 9.50. The molecule has 34 heavy (non-hydrogen) atoms. The number of aromatic nitrogens is 4. The molecule has 3 aromatic heterocycles. The quantitative estimate of drug-likeness (QED) is 0.601. The molecule has 2 aliphatic heterocycles. The molecule has 0 radical (unpaired) electrons. The van der Waals surface area contributed by atoms with Gasteiger partial charge in [0.25, 0.3) is 5.91 Å². The molecule has 5 heterocycles. The summed E-state index contributed by atoms with van der Waals surface area (Å²) < 4.78 is 7.53. The molecule has 9 nitrogen and oxygen atoms in total. The molecule has 180 valence electrons. The van der Waals surface area contributed by atoms with Gasteiger partial charge in [0.05, 0.1) is 17.3 Å². The predicted molar refractivity (Wildman–Crippen MR) is 131 cm³/mol. The molecule has 3 aromatic rings. The van der Waals surface area contributed by atoms with Gasteiger partial charge in [-0.3, -0.25) is 14.7 Å². The van der Waals surface area contributed by atoms with E-state index in [1.807, 2.05) is 27.9 Å². The zero-order chi connectivity index (χ0) is 23.5. The molecule has 1 N–H and O–H groups in total. The number of ether oxygens (including phenoxy) is 1. The molecule has 5 rings (SSSR count). The zero-order valence-corrected chi connectivity index (χ0v) is 20.0. The second-order valence-electron chi connectivity index (χ2n) is 9.06. The minimum Gasteiger partial charge on any atom is -0.381 e. The van der Waals surface area contributed by atoms with E-state index in [2.05, 4.69) is 34.1 Å². The van der Waals surface area contributed by atoms with Crippen molar-refractivity contribution in [2.75, 3.05) is 44.7 Å². The number of amides is 1. The summed E-state index contributed by atoms with van der Waals surface area (Å²) in [4.78, 5) is 26.3. The van der Waals surface area contributed by atoms with Gasteiger partial charge in [-0.25, -0.2) is 9.67 Å². The smallest absolute Gasteiger partial charge is 0.272 e. The Morgan fingerprint density at radius 3 is 2.68 bits per heavy atom. The first kappa shape index (κ1) is 22.7. The fourth-order valence-electron chi connectivity index (χ4n) is 4.86. The van der Waals surface area contributed by atoms with Gasteiger partial charge in [-0.2, -0.15) is 5.10 Å². The molecule has 2 saturated heterocycles. The fraction of sp³-hybridized carbons (Fsp3) is 0.520. The number of fused-ring (bicyclic) bond motifs is 1. The van der Waals surface area contributed by atoms with Crippen LogP contribution in [0.15, 0.2) is 30.6 Å². The van der Waals surface area contributed by atoms with Crippen molar-refractivity contribution in [3.05, 3.63) is 47.5 Å². The van der Waals surface area contributed by atoms with Gasteiger partial charge < -0.3 is 15.0 Å². The lowest BCUT2D eigenvalue weighted by Crippen LogP contribution is -2.48. The van der Waals surface area contributed by atoms with Crippen LogP contribution >= 0.6 is 0 Å². The van der Waals surface area contributed by atoms with Crippen LogP contribution in [0.1, 0.15) is 41.5 Å². The van der Waals surface area contributed by atoms with Crippen molar-refractivity contribution in [2.45, 2.75) is 45.8 Å². The largest absolute Gasteiger partial charge is 0.381 e. The summed E-state index contributed by atoms with van der Waals surface area (Å²) >= 11 is 0. The number of nitrogens with zero attached hydrogens (tertiary/aromatic N) is 6. The number of hydrogen-bond donors (Lipinski definition) is 1. The van der Waals surface area contributed by atoms with E-state index in [1.54, 1.807) is 12.3 Å². The normalized spacial score (nSPS) is 17.9. The van der Waals surface area contributed by atoms with Crippen molar-refractivity contribution >= 4 is 22.6 Å². The van der Waals surface area contributed by atoms with Gasteiger partial charge in [-0.15, -0.1) is 0 Å². The van der Waals surface area contributed by atoms with Crippen LogP contribution in [0.3, 0.4) is 0 Å². The average molecular weight is 464 g/mol. The molecule has 0 saturated carbocycles. The van der Waals surface area contributed by atoms with Gasteiger partial charge in [-0.05, 0) is 38.8 Å². The molecule has 0 aliphatic carbocycles.